The molecule has 1 N–H and O–H groups in total. The van der Waals surface area contributed by atoms with Gasteiger partial charge in [-0.05, 0) is 30.7 Å². The molecular weight excluding hydrogens is 222 g/mol. The first kappa shape index (κ1) is 11.4. The molecule has 0 radical (unpaired) electrons. The molecule has 1 aromatic carbocycles. The van der Waals surface area contributed by atoms with E-state index in [9.17, 15) is 9.59 Å². The highest BCUT2D eigenvalue weighted by Crippen LogP contribution is 2.28. The molecule has 0 saturated carbocycles. The lowest BCUT2D eigenvalue weighted by atomic mass is 10.2. The summed E-state index contributed by atoms with van der Waals surface area (Å²) in [5.41, 5.74) is 0.598. The second kappa shape index (κ2) is 4.45. The quantitative estimate of drug-likeness (QED) is 0.856. The molecule has 2 rings (SSSR count). The number of hydrogen-bond acceptors (Lipinski definition) is 3. The molecule has 1 atom stereocenters. The van der Waals surface area contributed by atoms with Crippen molar-refractivity contribution >= 4 is 17.6 Å². The van der Waals surface area contributed by atoms with Crippen molar-refractivity contribution in [2.45, 2.75) is 18.9 Å². The van der Waals surface area contributed by atoms with Crippen LogP contribution in [0.25, 0.3) is 0 Å². The van der Waals surface area contributed by atoms with Crippen molar-refractivity contribution in [1.29, 1.82) is 0 Å². The fourth-order valence-electron chi connectivity index (χ4n) is 1.98. The van der Waals surface area contributed by atoms with Crippen LogP contribution in [0.2, 0.25) is 0 Å². The smallest absolute Gasteiger partial charge is 0.326 e. The fraction of sp³-hybridized carbons (Fsp3) is 0.333. The van der Waals surface area contributed by atoms with Gasteiger partial charge in [-0.2, -0.15) is 0 Å². The Morgan fingerprint density at radius 2 is 2.06 bits per heavy atom. The van der Waals surface area contributed by atoms with E-state index >= 15 is 0 Å². The normalized spacial score (nSPS) is 19.5. The molecule has 1 amide bonds. The molecule has 90 valence electrons. The van der Waals surface area contributed by atoms with Crippen LogP contribution in [0.4, 0.5) is 5.69 Å². The van der Waals surface area contributed by atoms with Gasteiger partial charge in [0, 0.05) is 12.1 Å². The van der Waals surface area contributed by atoms with Gasteiger partial charge in [-0.3, -0.25) is 9.69 Å². The summed E-state index contributed by atoms with van der Waals surface area (Å²) in [6, 6.07) is 6.05. The third-order valence-corrected chi connectivity index (χ3v) is 2.85. The maximum Gasteiger partial charge on any atom is 0.326 e. The first-order valence-corrected chi connectivity index (χ1v) is 5.32. The lowest BCUT2D eigenvalue weighted by molar-refractivity contribution is -0.138. The van der Waals surface area contributed by atoms with Crippen LogP contribution >= 0.6 is 0 Å². The van der Waals surface area contributed by atoms with Crippen LogP contribution in [0.5, 0.6) is 5.75 Å². The van der Waals surface area contributed by atoms with Crippen LogP contribution in [0, 0.1) is 0 Å². The lowest BCUT2D eigenvalue weighted by Gasteiger charge is -2.21. The average molecular weight is 235 g/mol. The molecule has 0 spiro atoms. The Kier molecular flexibility index (Phi) is 2.99. The van der Waals surface area contributed by atoms with E-state index in [1.165, 1.54) is 4.90 Å². The van der Waals surface area contributed by atoms with E-state index in [-0.39, 0.29) is 12.3 Å². The Balaban J connectivity index is 2.29. The predicted molar refractivity (Wildman–Crippen MR) is 61.1 cm³/mol. The van der Waals surface area contributed by atoms with Gasteiger partial charge in [0.15, 0.2) is 0 Å². The minimum absolute atomic E-state index is 0.150. The van der Waals surface area contributed by atoms with Gasteiger partial charge in [0.1, 0.15) is 11.8 Å². The standard InChI is InChI=1S/C12H13NO4/c1-17-9-4-2-8(3-5-9)13-10(12(15)16)6-7-11(13)14/h2-5,10H,6-7H2,1H3,(H,15,16)/t10-/m1/s1. The van der Waals surface area contributed by atoms with Gasteiger partial charge in [-0.15, -0.1) is 0 Å². The summed E-state index contributed by atoms with van der Waals surface area (Å²) in [5.74, 6) is -0.443. The van der Waals surface area contributed by atoms with Gasteiger partial charge in [0.25, 0.3) is 0 Å². The second-order valence-corrected chi connectivity index (χ2v) is 3.85. The van der Waals surface area contributed by atoms with Crippen LogP contribution in [-0.4, -0.2) is 30.1 Å². The van der Waals surface area contributed by atoms with E-state index < -0.39 is 12.0 Å². The summed E-state index contributed by atoms with van der Waals surface area (Å²) >= 11 is 0. The van der Waals surface area contributed by atoms with Crippen LogP contribution in [0.15, 0.2) is 24.3 Å². The van der Waals surface area contributed by atoms with Gasteiger partial charge in [-0.25, -0.2) is 4.79 Å². The summed E-state index contributed by atoms with van der Waals surface area (Å²) in [5, 5.41) is 9.04. The highest BCUT2D eigenvalue weighted by Gasteiger charge is 2.36. The zero-order valence-corrected chi connectivity index (χ0v) is 9.42. The number of carbonyl (C=O) groups is 2. The molecule has 5 heteroatoms. The van der Waals surface area contributed by atoms with Crippen LogP contribution in [0.3, 0.4) is 0 Å². The Hall–Kier alpha value is -2.04. The molecule has 1 aliphatic heterocycles. The van der Waals surface area contributed by atoms with Gasteiger partial charge in [0.05, 0.1) is 7.11 Å². The minimum atomic E-state index is -0.966. The molecule has 1 heterocycles. The molecule has 1 saturated heterocycles. The van der Waals surface area contributed by atoms with Crippen LogP contribution in [-0.2, 0) is 9.59 Å². The second-order valence-electron chi connectivity index (χ2n) is 3.85. The molecule has 1 aliphatic rings. The molecule has 0 bridgehead atoms. The third kappa shape index (κ3) is 2.08. The highest BCUT2D eigenvalue weighted by atomic mass is 16.5. The summed E-state index contributed by atoms with van der Waals surface area (Å²) in [6.07, 6.45) is 0.642. The first-order chi connectivity index (χ1) is 8.13. The molecule has 0 aromatic heterocycles. The molecule has 17 heavy (non-hydrogen) atoms. The van der Waals surface area contributed by atoms with Gasteiger partial charge >= 0.3 is 5.97 Å². The number of ether oxygens (including phenoxy) is 1. The van der Waals surface area contributed by atoms with Crippen molar-refractivity contribution in [1.82, 2.24) is 0 Å². The number of carboxylic acids is 1. The SMILES string of the molecule is COc1ccc(N2C(=O)CC[C@@H]2C(=O)O)cc1. The Labute approximate surface area is 98.6 Å². The van der Waals surface area contributed by atoms with Crippen molar-refractivity contribution in [2.24, 2.45) is 0 Å². The maximum absolute atomic E-state index is 11.7. The topological polar surface area (TPSA) is 66.8 Å². The zero-order chi connectivity index (χ0) is 12.4. The molecule has 0 unspecified atom stereocenters. The number of aliphatic carboxylic acids is 1. The average Bonchev–Trinajstić information content (AvgIpc) is 2.71. The molecule has 0 aliphatic carbocycles. The van der Waals surface area contributed by atoms with E-state index in [0.29, 0.717) is 17.9 Å². The number of carboxylic acid groups (broad SMARTS) is 1. The number of methoxy groups -OCH3 is 1. The number of carbonyl (C=O) groups excluding carboxylic acids is 1. The van der Waals surface area contributed by atoms with Crippen molar-refractivity contribution < 1.29 is 19.4 Å². The number of benzene rings is 1. The highest BCUT2D eigenvalue weighted by molar-refractivity contribution is 6.02. The number of anilines is 1. The zero-order valence-electron chi connectivity index (χ0n) is 9.42. The lowest BCUT2D eigenvalue weighted by Crippen LogP contribution is -2.38. The molecular formula is C12H13NO4. The van der Waals surface area contributed by atoms with Crippen molar-refractivity contribution in [3.05, 3.63) is 24.3 Å². The Morgan fingerprint density at radius 3 is 2.59 bits per heavy atom. The van der Waals surface area contributed by atoms with E-state index in [0.717, 1.165) is 0 Å². The molecule has 1 aromatic rings. The summed E-state index contributed by atoms with van der Waals surface area (Å²) in [4.78, 5) is 24.0. The number of hydrogen-bond donors (Lipinski definition) is 1. The number of nitrogens with zero attached hydrogens (tertiary/aromatic N) is 1. The van der Waals surface area contributed by atoms with Gasteiger partial charge in [0.2, 0.25) is 5.91 Å². The minimum Gasteiger partial charge on any atom is -0.497 e. The van der Waals surface area contributed by atoms with Crippen molar-refractivity contribution in [2.75, 3.05) is 12.0 Å². The fourth-order valence-corrected chi connectivity index (χ4v) is 1.98. The number of rotatable bonds is 3. The van der Waals surface area contributed by atoms with Crippen molar-refractivity contribution in [3.8, 4) is 5.75 Å². The van der Waals surface area contributed by atoms with E-state index in [2.05, 4.69) is 0 Å². The third-order valence-electron chi connectivity index (χ3n) is 2.85. The number of amides is 1. The molecule has 1 fully saturated rings. The van der Waals surface area contributed by atoms with Gasteiger partial charge < -0.3 is 9.84 Å². The Bertz CT molecular complexity index is 440. The van der Waals surface area contributed by atoms with E-state index in [1.807, 2.05) is 0 Å². The first-order valence-electron chi connectivity index (χ1n) is 5.32. The molecule has 5 nitrogen and oxygen atoms in total. The van der Waals surface area contributed by atoms with Crippen LogP contribution in [0.1, 0.15) is 12.8 Å². The Morgan fingerprint density at radius 1 is 1.41 bits per heavy atom. The van der Waals surface area contributed by atoms with Crippen molar-refractivity contribution in [3.63, 3.8) is 0 Å². The van der Waals surface area contributed by atoms with Crippen LogP contribution < -0.4 is 9.64 Å². The largest absolute Gasteiger partial charge is 0.497 e. The predicted octanol–water partition coefficient (Wildman–Crippen LogP) is 1.28. The summed E-state index contributed by atoms with van der Waals surface area (Å²) < 4.78 is 5.01. The van der Waals surface area contributed by atoms with E-state index in [4.69, 9.17) is 9.84 Å². The maximum atomic E-state index is 11.7. The van der Waals surface area contributed by atoms with E-state index in [1.54, 1.807) is 31.4 Å². The monoisotopic (exact) mass is 235 g/mol. The summed E-state index contributed by atoms with van der Waals surface area (Å²) in [7, 11) is 1.55. The summed E-state index contributed by atoms with van der Waals surface area (Å²) in [6.45, 7) is 0. The van der Waals surface area contributed by atoms with Gasteiger partial charge in [-0.1, -0.05) is 0 Å².